The predicted molar refractivity (Wildman–Crippen MR) is 78.3 cm³/mol. The van der Waals surface area contributed by atoms with Gasteiger partial charge in [0.25, 0.3) is 0 Å². The SMILES string of the molecule is Cc1cc(C(CCc2ccnn2C)NN)sc1Br. The van der Waals surface area contributed by atoms with Crippen molar-refractivity contribution in [3.63, 3.8) is 0 Å². The second-order valence-corrected chi connectivity index (χ2v) is 6.71. The van der Waals surface area contributed by atoms with Gasteiger partial charge in [-0.3, -0.25) is 16.0 Å². The van der Waals surface area contributed by atoms with E-state index in [0.717, 1.165) is 12.8 Å². The lowest BCUT2D eigenvalue weighted by molar-refractivity contribution is 0.513. The Morgan fingerprint density at radius 1 is 1.61 bits per heavy atom. The first-order valence-corrected chi connectivity index (χ1v) is 7.41. The summed E-state index contributed by atoms with van der Waals surface area (Å²) >= 11 is 5.29. The zero-order chi connectivity index (χ0) is 13.1. The first-order chi connectivity index (χ1) is 8.61. The van der Waals surface area contributed by atoms with Gasteiger partial charge < -0.3 is 0 Å². The van der Waals surface area contributed by atoms with Gasteiger partial charge in [0, 0.05) is 23.8 Å². The van der Waals surface area contributed by atoms with Crippen LogP contribution in [0.2, 0.25) is 0 Å². The molecule has 0 radical (unpaired) electrons. The average molecular weight is 329 g/mol. The molecule has 0 amide bonds. The minimum Gasteiger partial charge on any atom is -0.273 e. The van der Waals surface area contributed by atoms with E-state index in [9.17, 15) is 0 Å². The zero-order valence-corrected chi connectivity index (χ0v) is 12.9. The van der Waals surface area contributed by atoms with E-state index in [-0.39, 0.29) is 6.04 Å². The summed E-state index contributed by atoms with van der Waals surface area (Å²) in [5, 5.41) is 4.17. The Bertz CT molecular complexity index is 500. The molecule has 6 heteroatoms. The second-order valence-electron chi connectivity index (χ2n) is 4.31. The standard InChI is InChI=1S/C12H17BrN4S/c1-8-7-11(18-12(8)13)10(16-14)4-3-9-5-6-15-17(9)2/h5-7,10,16H,3-4,14H2,1-2H3. The number of nitrogens with zero attached hydrogens (tertiary/aromatic N) is 2. The van der Waals surface area contributed by atoms with Crippen LogP contribution < -0.4 is 11.3 Å². The summed E-state index contributed by atoms with van der Waals surface area (Å²) < 4.78 is 3.08. The van der Waals surface area contributed by atoms with E-state index in [1.807, 2.05) is 24.0 Å². The molecule has 2 rings (SSSR count). The van der Waals surface area contributed by atoms with E-state index in [1.54, 1.807) is 11.3 Å². The fourth-order valence-electron chi connectivity index (χ4n) is 1.90. The number of nitrogens with two attached hydrogens (primary N) is 1. The van der Waals surface area contributed by atoms with Gasteiger partial charge in [-0.05, 0) is 53.4 Å². The van der Waals surface area contributed by atoms with Gasteiger partial charge in [-0.15, -0.1) is 11.3 Å². The van der Waals surface area contributed by atoms with Gasteiger partial charge in [0.2, 0.25) is 0 Å². The molecule has 1 unspecified atom stereocenters. The molecule has 0 aliphatic carbocycles. The van der Waals surface area contributed by atoms with Crippen molar-refractivity contribution in [3.05, 3.63) is 38.3 Å². The number of rotatable bonds is 5. The second kappa shape index (κ2) is 5.97. The number of aryl methyl sites for hydroxylation is 3. The highest BCUT2D eigenvalue weighted by atomic mass is 79.9. The fourth-order valence-corrected chi connectivity index (χ4v) is 3.57. The van der Waals surface area contributed by atoms with E-state index in [1.165, 1.54) is 19.9 Å². The van der Waals surface area contributed by atoms with Gasteiger partial charge in [-0.1, -0.05) is 0 Å². The summed E-state index contributed by atoms with van der Waals surface area (Å²) in [6.07, 6.45) is 3.74. The van der Waals surface area contributed by atoms with Crippen LogP contribution in [0.3, 0.4) is 0 Å². The van der Waals surface area contributed by atoms with E-state index < -0.39 is 0 Å². The molecule has 2 heterocycles. The minimum atomic E-state index is 0.190. The highest BCUT2D eigenvalue weighted by molar-refractivity contribution is 9.11. The van der Waals surface area contributed by atoms with Crippen molar-refractivity contribution < 1.29 is 0 Å². The largest absolute Gasteiger partial charge is 0.273 e. The molecule has 2 aromatic rings. The topological polar surface area (TPSA) is 55.9 Å². The van der Waals surface area contributed by atoms with Crippen molar-refractivity contribution in [3.8, 4) is 0 Å². The van der Waals surface area contributed by atoms with Crippen LogP contribution in [0.5, 0.6) is 0 Å². The van der Waals surface area contributed by atoms with Crippen molar-refractivity contribution in [1.29, 1.82) is 0 Å². The van der Waals surface area contributed by atoms with Crippen LogP contribution in [0, 0.1) is 6.92 Å². The maximum Gasteiger partial charge on any atom is 0.0731 e. The van der Waals surface area contributed by atoms with Crippen molar-refractivity contribution in [2.75, 3.05) is 0 Å². The van der Waals surface area contributed by atoms with Crippen molar-refractivity contribution >= 4 is 27.3 Å². The Balaban J connectivity index is 2.04. The Morgan fingerprint density at radius 3 is 2.89 bits per heavy atom. The van der Waals surface area contributed by atoms with Crippen LogP contribution in [-0.4, -0.2) is 9.78 Å². The molecule has 3 N–H and O–H groups in total. The quantitative estimate of drug-likeness (QED) is 0.655. The maximum atomic E-state index is 5.66. The van der Waals surface area contributed by atoms with Crippen LogP contribution in [0.1, 0.15) is 28.6 Å². The van der Waals surface area contributed by atoms with Crippen LogP contribution in [-0.2, 0) is 13.5 Å². The molecule has 0 bridgehead atoms. The summed E-state index contributed by atoms with van der Waals surface area (Å²) in [6.45, 7) is 2.10. The maximum absolute atomic E-state index is 5.66. The number of thiophene rings is 1. The van der Waals surface area contributed by atoms with E-state index in [0.29, 0.717) is 0 Å². The normalized spacial score (nSPS) is 12.9. The van der Waals surface area contributed by atoms with Gasteiger partial charge in [-0.2, -0.15) is 5.10 Å². The third kappa shape index (κ3) is 3.00. The molecule has 98 valence electrons. The summed E-state index contributed by atoms with van der Waals surface area (Å²) in [4.78, 5) is 1.27. The summed E-state index contributed by atoms with van der Waals surface area (Å²) in [5.74, 6) is 5.66. The molecule has 2 aromatic heterocycles. The van der Waals surface area contributed by atoms with Crippen LogP contribution in [0.15, 0.2) is 22.1 Å². The van der Waals surface area contributed by atoms with Gasteiger partial charge in [0.1, 0.15) is 0 Å². The summed E-state index contributed by atoms with van der Waals surface area (Å²) in [6, 6.07) is 4.42. The highest BCUT2D eigenvalue weighted by Gasteiger charge is 2.14. The monoisotopic (exact) mass is 328 g/mol. The Morgan fingerprint density at radius 2 is 2.39 bits per heavy atom. The molecule has 0 aromatic carbocycles. The van der Waals surface area contributed by atoms with Gasteiger partial charge in [-0.25, -0.2) is 0 Å². The first kappa shape index (κ1) is 13.7. The molecular formula is C12H17BrN4S. The molecule has 0 aliphatic heterocycles. The third-order valence-electron chi connectivity index (χ3n) is 3.03. The Kier molecular flexibility index (Phi) is 4.55. The number of hydrogen-bond donors (Lipinski definition) is 2. The molecule has 18 heavy (non-hydrogen) atoms. The van der Waals surface area contributed by atoms with Crippen LogP contribution in [0.25, 0.3) is 0 Å². The van der Waals surface area contributed by atoms with Crippen molar-refractivity contribution in [2.24, 2.45) is 12.9 Å². The zero-order valence-electron chi connectivity index (χ0n) is 10.5. The summed E-state index contributed by atoms with van der Waals surface area (Å²) in [5.41, 5.74) is 5.39. The molecule has 0 saturated carbocycles. The van der Waals surface area contributed by atoms with E-state index in [2.05, 4.69) is 39.4 Å². The van der Waals surface area contributed by atoms with Gasteiger partial charge >= 0.3 is 0 Å². The van der Waals surface area contributed by atoms with Gasteiger partial charge in [0.15, 0.2) is 0 Å². The molecule has 0 saturated heterocycles. The first-order valence-electron chi connectivity index (χ1n) is 5.80. The third-order valence-corrected chi connectivity index (χ3v) is 5.28. The average Bonchev–Trinajstić information content (AvgIpc) is 2.88. The van der Waals surface area contributed by atoms with Crippen molar-refractivity contribution in [2.45, 2.75) is 25.8 Å². The van der Waals surface area contributed by atoms with Crippen LogP contribution in [0.4, 0.5) is 0 Å². The highest BCUT2D eigenvalue weighted by Crippen LogP contribution is 2.32. The number of nitrogens with one attached hydrogen (secondary N) is 1. The molecule has 1 atom stereocenters. The van der Waals surface area contributed by atoms with E-state index >= 15 is 0 Å². The number of hydrazine groups is 1. The lowest BCUT2D eigenvalue weighted by atomic mass is 10.1. The molecule has 0 aliphatic rings. The smallest absolute Gasteiger partial charge is 0.0731 e. The lowest BCUT2D eigenvalue weighted by Gasteiger charge is -2.13. The lowest BCUT2D eigenvalue weighted by Crippen LogP contribution is -2.28. The molecule has 0 fully saturated rings. The number of hydrogen-bond acceptors (Lipinski definition) is 4. The molecular weight excluding hydrogens is 312 g/mol. The summed E-state index contributed by atoms with van der Waals surface area (Å²) in [7, 11) is 1.96. The minimum absolute atomic E-state index is 0.190. The van der Waals surface area contributed by atoms with E-state index in [4.69, 9.17) is 5.84 Å². The van der Waals surface area contributed by atoms with Gasteiger partial charge in [0.05, 0.1) is 9.83 Å². The van der Waals surface area contributed by atoms with Crippen molar-refractivity contribution in [1.82, 2.24) is 15.2 Å². The number of aromatic nitrogens is 2. The predicted octanol–water partition coefficient (Wildman–Crippen LogP) is 2.69. The van der Waals surface area contributed by atoms with Crippen LogP contribution >= 0.6 is 27.3 Å². The molecule has 0 spiro atoms. The number of halogens is 1. The molecule has 4 nitrogen and oxygen atoms in total. The Hall–Kier alpha value is -0.690. The fraction of sp³-hybridized carbons (Fsp3) is 0.417. The Labute approximate surface area is 119 Å².